The van der Waals surface area contributed by atoms with Gasteiger partial charge in [0.25, 0.3) is 5.91 Å². The summed E-state index contributed by atoms with van der Waals surface area (Å²) in [6.07, 6.45) is 0. The van der Waals surface area contributed by atoms with Crippen molar-refractivity contribution in [1.82, 2.24) is 14.7 Å². The van der Waals surface area contributed by atoms with Gasteiger partial charge in [-0.1, -0.05) is 35.3 Å². The third-order valence-electron chi connectivity index (χ3n) is 7.90. The van der Waals surface area contributed by atoms with Crippen molar-refractivity contribution in [3.8, 4) is 0 Å². The van der Waals surface area contributed by atoms with Crippen LogP contribution < -0.4 is 14.7 Å². The van der Waals surface area contributed by atoms with E-state index >= 15 is 0 Å². The van der Waals surface area contributed by atoms with E-state index in [9.17, 15) is 9.18 Å². The third kappa shape index (κ3) is 3.93. The number of hydrogen-bond acceptors (Lipinski definition) is 5. The maximum atomic E-state index is 14.3. The van der Waals surface area contributed by atoms with Crippen molar-refractivity contribution in [2.45, 2.75) is 19.9 Å². The number of amides is 1. The fraction of sp³-hybridized carbons (Fsp3) is 0.357. The molecule has 2 aromatic carbocycles. The number of benzene rings is 2. The van der Waals surface area contributed by atoms with Gasteiger partial charge in [-0.15, -0.1) is 0 Å². The van der Waals surface area contributed by atoms with Crippen molar-refractivity contribution in [3.05, 3.63) is 80.9 Å². The van der Waals surface area contributed by atoms with E-state index in [2.05, 4.69) is 21.7 Å². The normalized spacial score (nSPS) is 19.3. The quantitative estimate of drug-likeness (QED) is 0.449. The smallest absolute Gasteiger partial charge is 0.254 e. The van der Waals surface area contributed by atoms with Gasteiger partial charge in [0.05, 0.1) is 21.3 Å². The Bertz CT molecular complexity index is 1440. The number of carbonyl (C=O) groups excluding carboxylic acids is 1. The molecule has 1 amide bonds. The van der Waals surface area contributed by atoms with Crippen LogP contribution in [0.15, 0.2) is 53.7 Å². The van der Waals surface area contributed by atoms with Gasteiger partial charge in [0.1, 0.15) is 17.5 Å². The highest BCUT2D eigenvalue weighted by Gasteiger charge is 2.43. The van der Waals surface area contributed by atoms with Crippen LogP contribution in [-0.4, -0.2) is 66.9 Å². The van der Waals surface area contributed by atoms with Gasteiger partial charge in [-0.3, -0.25) is 4.79 Å². The van der Waals surface area contributed by atoms with Crippen molar-refractivity contribution in [2.24, 2.45) is 0 Å². The fourth-order valence-corrected chi connectivity index (χ4v) is 6.36. The van der Waals surface area contributed by atoms with E-state index in [4.69, 9.17) is 28.3 Å². The summed E-state index contributed by atoms with van der Waals surface area (Å²) >= 11 is 13.2. The summed E-state index contributed by atoms with van der Waals surface area (Å²) in [5.41, 5.74) is 5.26. The Labute approximate surface area is 231 Å². The second-order valence-electron chi connectivity index (χ2n) is 10.1. The molecule has 1 aromatic heterocycles. The fourth-order valence-electron chi connectivity index (χ4n) is 5.95. The molecule has 198 valence electrons. The first-order valence-corrected chi connectivity index (χ1v) is 13.5. The van der Waals surface area contributed by atoms with Crippen LogP contribution >= 0.6 is 23.2 Å². The first-order chi connectivity index (χ1) is 18.3. The lowest BCUT2D eigenvalue weighted by atomic mass is 9.92. The average molecular weight is 555 g/mol. The number of aryl methyl sites for hydroxylation is 1. The maximum Gasteiger partial charge on any atom is 0.254 e. The van der Waals surface area contributed by atoms with Crippen LogP contribution in [0.1, 0.15) is 24.2 Å². The molecule has 38 heavy (non-hydrogen) atoms. The molecule has 1 atom stereocenters. The largest absolute Gasteiger partial charge is 0.368 e. The molecular weight excluding hydrogens is 526 g/mol. The summed E-state index contributed by atoms with van der Waals surface area (Å²) in [6, 6.07) is 11.5. The molecule has 7 nitrogen and oxygen atoms in total. The van der Waals surface area contributed by atoms with Gasteiger partial charge in [-0.05, 0) is 44.2 Å². The number of halogens is 3. The highest BCUT2D eigenvalue weighted by Crippen LogP contribution is 2.48. The van der Waals surface area contributed by atoms with Gasteiger partial charge in [-0.2, -0.15) is 5.10 Å². The van der Waals surface area contributed by atoms with E-state index in [0.29, 0.717) is 41.8 Å². The Balaban J connectivity index is 1.39. The van der Waals surface area contributed by atoms with Crippen LogP contribution in [0.4, 0.5) is 21.6 Å². The van der Waals surface area contributed by atoms with Crippen LogP contribution in [-0.2, 0) is 4.79 Å². The SMILES string of the molecule is CC1=C(C(=O)N2CCN(c3ccc(F)cc3)CC2)C(c2cccc(Cl)c2Cl)n2nc(C)c3c2N1CCN3C. The van der Waals surface area contributed by atoms with Crippen molar-refractivity contribution in [1.29, 1.82) is 0 Å². The lowest BCUT2D eigenvalue weighted by Crippen LogP contribution is -2.51. The minimum Gasteiger partial charge on any atom is -0.368 e. The third-order valence-corrected chi connectivity index (χ3v) is 8.74. The molecule has 1 unspecified atom stereocenters. The number of nitrogens with zero attached hydrogens (tertiary/aromatic N) is 6. The van der Waals surface area contributed by atoms with Gasteiger partial charge < -0.3 is 19.6 Å². The Hall–Kier alpha value is -3.23. The van der Waals surface area contributed by atoms with Crippen LogP contribution in [0.5, 0.6) is 0 Å². The molecule has 3 aromatic rings. The standard InChI is InChI=1S/C28H29Cl2FN6O/c1-17-25-27-36(16-11-33(25)3)18(2)23(26(37(27)32-17)21-5-4-6-22(29)24(21)30)28(38)35-14-12-34(13-15-35)20-9-7-19(31)8-10-20/h4-10,26H,11-16H2,1-3H3. The summed E-state index contributed by atoms with van der Waals surface area (Å²) in [5, 5.41) is 5.82. The van der Waals surface area contributed by atoms with Crippen LogP contribution in [0.2, 0.25) is 10.0 Å². The molecule has 1 saturated heterocycles. The molecule has 0 saturated carbocycles. The zero-order chi connectivity index (χ0) is 26.7. The molecule has 10 heteroatoms. The summed E-state index contributed by atoms with van der Waals surface area (Å²) < 4.78 is 15.4. The van der Waals surface area contributed by atoms with Gasteiger partial charge in [-0.25, -0.2) is 9.07 Å². The number of anilines is 3. The molecule has 1 fully saturated rings. The summed E-state index contributed by atoms with van der Waals surface area (Å²) in [7, 11) is 2.07. The van der Waals surface area contributed by atoms with Gasteiger partial charge in [0, 0.05) is 63.3 Å². The van der Waals surface area contributed by atoms with Crippen LogP contribution in [0.25, 0.3) is 0 Å². The molecule has 3 aliphatic rings. The lowest BCUT2D eigenvalue weighted by molar-refractivity contribution is -0.128. The number of hydrogen-bond donors (Lipinski definition) is 0. The van der Waals surface area contributed by atoms with E-state index in [-0.39, 0.29) is 11.7 Å². The first kappa shape index (κ1) is 25.1. The molecule has 0 bridgehead atoms. The molecule has 0 radical (unpaired) electrons. The highest BCUT2D eigenvalue weighted by molar-refractivity contribution is 6.42. The molecule has 6 rings (SSSR count). The van der Waals surface area contributed by atoms with Crippen LogP contribution in [0.3, 0.4) is 0 Å². The Kier molecular flexibility index (Phi) is 6.27. The second kappa shape index (κ2) is 9.50. The molecule has 4 heterocycles. The summed E-state index contributed by atoms with van der Waals surface area (Å²) in [6.45, 7) is 8.05. The minimum atomic E-state index is -0.506. The van der Waals surface area contributed by atoms with Crippen LogP contribution in [0, 0.1) is 12.7 Å². The zero-order valence-corrected chi connectivity index (χ0v) is 23.1. The number of piperazine rings is 1. The minimum absolute atomic E-state index is 0.0263. The lowest BCUT2D eigenvalue weighted by Gasteiger charge is -2.43. The van der Waals surface area contributed by atoms with Gasteiger partial charge in [0.2, 0.25) is 0 Å². The second-order valence-corrected chi connectivity index (χ2v) is 10.9. The Morgan fingerprint density at radius 3 is 2.39 bits per heavy atom. The average Bonchev–Trinajstić information content (AvgIpc) is 3.27. The Morgan fingerprint density at radius 1 is 0.974 bits per heavy atom. The van der Waals surface area contributed by atoms with Crippen molar-refractivity contribution in [2.75, 3.05) is 61.0 Å². The number of rotatable bonds is 3. The topological polar surface area (TPSA) is 47.9 Å². The van der Waals surface area contributed by atoms with Crippen molar-refractivity contribution >= 4 is 46.3 Å². The molecule has 3 aliphatic heterocycles. The number of carbonyl (C=O) groups is 1. The predicted molar refractivity (Wildman–Crippen MR) is 150 cm³/mol. The zero-order valence-electron chi connectivity index (χ0n) is 21.6. The number of allylic oxidation sites excluding steroid dienone is 1. The number of aromatic nitrogens is 2. The maximum absolute atomic E-state index is 14.3. The van der Waals surface area contributed by atoms with E-state index in [1.165, 1.54) is 12.1 Å². The summed E-state index contributed by atoms with van der Waals surface area (Å²) in [4.78, 5) is 22.8. The van der Waals surface area contributed by atoms with E-state index in [1.54, 1.807) is 18.2 Å². The van der Waals surface area contributed by atoms with Crippen molar-refractivity contribution < 1.29 is 9.18 Å². The predicted octanol–water partition coefficient (Wildman–Crippen LogP) is 5.12. The molecule has 0 spiro atoms. The van der Waals surface area contributed by atoms with Crippen molar-refractivity contribution in [3.63, 3.8) is 0 Å². The molecular formula is C28H29Cl2FN6O. The molecule has 0 N–H and O–H groups in total. The number of likely N-dealkylation sites (N-methyl/N-ethyl adjacent to an activating group) is 1. The summed E-state index contributed by atoms with van der Waals surface area (Å²) in [5.74, 6) is 0.697. The molecule has 0 aliphatic carbocycles. The van der Waals surface area contributed by atoms with E-state index in [1.807, 2.05) is 35.6 Å². The first-order valence-electron chi connectivity index (χ1n) is 12.8. The van der Waals surface area contributed by atoms with E-state index < -0.39 is 6.04 Å². The Morgan fingerprint density at radius 2 is 1.68 bits per heavy atom. The highest BCUT2D eigenvalue weighted by atomic mass is 35.5. The van der Waals surface area contributed by atoms with Gasteiger partial charge >= 0.3 is 0 Å². The monoisotopic (exact) mass is 554 g/mol. The van der Waals surface area contributed by atoms with Gasteiger partial charge in [0.15, 0.2) is 5.82 Å². The van der Waals surface area contributed by atoms with E-state index in [0.717, 1.165) is 47.2 Å².